The maximum atomic E-state index is 10.4. The largest absolute Gasteiger partial charge is 0.481 e. The first-order valence-corrected chi connectivity index (χ1v) is 9.68. The molecule has 0 spiro atoms. The van der Waals surface area contributed by atoms with Crippen LogP contribution in [-0.4, -0.2) is 22.3 Å². The first-order valence-electron chi connectivity index (χ1n) is 9.68. The number of hydrogen-bond acceptors (Lipinski definition) is 2. The summed E-state index contributed by atoms with van der Waals surface area (Å²) in [6.07, 6.45) is 18.0. The van der Waals surface area contributed by atoms with Crippen molar-refractivity contribution in [3.8, 4) is 0 Å². The number of rotatable bonds is 13. The molecule has 0 radical (unpaired) electrons. The second-order valence-corrected chi connectivity index (χ2v) is 7.17. The highest BCUT2D eigenvalue weighted by molar-refractivity contribution is 5.66. The number of aliphatic carboxylic acids is 1. The van der Waals surface area contributed by atoms with Gasteiger partial charge in [0.1, 0.15) is 0 Å². The molecule has 0 aromatic heterocycles. The Bertz CT molecular complexity index is 338. The van der Waals surface area contributed by atoms with Gasteiger partial charge in [-0.3, -0.25) is 4.79 Å². The third kappa shape index (κ3) is 9.80. The normalized spacial score (nSPS) is 22.7. The molecule has 0 heterocycles. The zero-order valence-corrected chi connectivity index (χ0v) is 14.9. The van der Waals surface area contributed by atoms with Gasteiger partial charge in [0.15, 0.2) is 0 Å². The molecule has 0 saturated heterocycles. The van der Waals surface area contributed by atoms with Crippen molar-refractivity contribution in [2.45, 2.75) is 96.5 Å². The van der Waals surface area contributed by atoms with Gasteiger partial charge < -0.3 is 10.2 Å². The molecule has 1 aliphatic rings. The fraction of sp³-hybridized carbons (Fsp3) is 0.850. The van der Waals surface area contributed by atoms with Gasteiger partial charge in [0.25, 0.3) is 0 Å². The number of carboxylic acids is 1. The Morgan fingerprint density at radius 1 is 1.13 bits per heavy atom. The van der Waals surface area contributed by atoms with Gasteiger partial charge in [-0.15, -0.1) is 0 Å². The number of allylic oxidation sites excluding steroid dienone is 2. The number of aliphatic hydroxyl groups is 1. The number of hydrogen-bond donors (Lipinski definition) is 2. The lowest BCUT2D eigenvalue weighted by atomic mass is 9.87. The Hall–Kier alpha value is -0.830. The van der Waals surface area contributed by atoms with Gasteiger partial charge in [-0.2, -0.15) is 0 Å². The molecule has 1 saturated carbocycles. The van der Waals surface area contributed by atoms with Gasteiger partial charge in [-0.05, 0) is 56.8 Å². The SMILES string of the molecule is CCCCCC(O)CCC1CCCC1C/C=C\CCCC(=O)O. The van der Waals surface area contributed by atoms with E-state index in [2.05, 4.69) is 19.1 Å². The van der Waals surface area contributed by atoms with Crippen LogP contribution in [0.4, 0.5) is 0 Å². The predicted molar refractivity (Wildman–Crippen MR) is 95.5 cm³/mol. The Balaban J connectivity index is 2.15. The van der Waals surface area contributed by atoms with Crippen LogP contribution in [0.15, 0.2) is 12.2 Å². The highest BCUT2D eigenvalue weighted by atomic mass is 16.4. The minimum Gasteiger partial charge on any atom is -0.481 e. The maximum Gasteiger partial charge on any atom is 0.303 e. The van der Waals surface area contributed by atoms with Crippen LogP contribution in [0.3, 0.4) is 0 Å². The Morgan fingerprint density at radius 2 is 1.91 bits per heavy atom. The van der Waals surface area contributed by atoms with Crippen LogP contribution < -0.4 is 0 Å². The lowest BCUT2D eigenvalue weighted by Crippen LogP contribution is -2.13. The number of carbonyl (C=O) groups is 1. The van der Waals surface area contributed by atoms with Crippen LogP contribution >= 0.6 is 0 Å². The summed E-state index contributed by atoms with van der Waals surface area (Å²) in [6.45, 7) is 2.20. The third-order valence-electron chi connectivity index (χ3n) is 5.20. The van der Waals surface area contributed by atoms with Gasteiger partial charge in [0.2, 0.25) is 0 Å². The van der Waals surface area contributed by atoms with E-state index in [4.69, 9.17) is 5.11 Å². The van der Waals surface area contributed by atoms with Gasteiger partial charge in [-0.1, -0.05) is 51.2 Å². The molecule has 134 valence electrons. The molecule has 1 fully saturated rings. The Labute approximate surface area is 142 Å². The van der Waals surface area contributed by atoms with E-state index in [0.29, 0.717) is 0 Å². The summed E-state index contributed by atoms with van der Waals surface area (Å²) >= 11 is 0. The number of aliphatic hydroxyl groups excluding tert-OH is 1. The fourth-order valence-electron chi connectivity index (χ4n) is 3.74. The summed E-state index contributed by atoms with van der Waals surface area (Å²) in [6, 6.07) is 0. The smallest absolute Gasteiger partial charge is 0.303 e. The molecule has 1 rings (SSSR count). The number of carboxylic acid groups (broad SMARTS) is 1. The first-order chi connectivity index (χ1) is 11.1. The molecule has 3 nitrogen and oxygen atoms in total. The Kier molecular flexibility index (Phi) is 11.1. The number of unbranched alkanes of at least 4 members (excludes halogenated alkanes) is 3. The molecule has 3 heteroatoms. The summed E-state index contributed by atoms with van der Waals surface area (Å²) in [4.78, 5) is 10.4. The molecule has 0 amide bonds. The van der Waals surface area contributed by atoms with Crippen molar-refractivity contribution in [2.24, 2.45) is 11.8 Å². The zero-order chi connectivity index (χ0) is 16.9. The van der Waals surface area contributed by atoms with E-state index in [1.165, 1.54) is 38.5 Å². The molecule has 0 aromatic carbocycles. The third-order valence-corrected chi connectivity index (χ3v) is 5.20. The van der Waals surface area contributed by atoms with Crippen LogP contribution in [-0.2, 0) is 4.79 Å². The molecule has 2 N–H and O–H groups in total. The van der Waals surface area contributed by atoms with Crippen molar-refractivity contribution in [1.82, 2.24) is 0 Å². The molecule has 0 aromatic rings. The summed E-state index contributed by atoms with van der Waals surface area (Å²) in [5.74, 6) is 0.847. The van der Waals surface area contributed by atoms with Crippen molar-refractivity contribution in [1.29, 1.82) is 0 Å². The summed E-state index contributed by atoms with van der Waals surface area (Å²) in [7, 11) is 0. The average molecular weight is 325 g/mol. The summed E-state index contributed by atoms with van der Waals surface area (Å²) in [5, 5.41) is 18.7. The second-order valence-electron chi connectivity index (χ2n) is 7.17. The molecule has 3 atom stereocenters. The van der Waals surface area contributed by atoms with E-state index < -0.39 is 5.97 Å². The highest BCUT2D eigenvalue weighted by Gasteiger charge is 2.26. The quantitative estimate of drug-likeness (QED) is 0.356. The monoisotopic (exact) mass is 324 g/mol. The zero-order valence-electron chi connectivity index (χ0n) is 14.9. The van der Waals surface area contributed by atoms with Crippen molar-refractivity contribution in [2.75, 3.05) is 0 Å². The van der Waals surface area contributed by atoms with Crippen LogP contribution in [0.5, 0.6) is 0 Å². The van der Waals surface area contributed by atoms with Gasteiger partial charge in [0, 0.05) is 6.42 Å². The maximum absolute atomic E-state index is 10.4. The van der Waals surface area contributed by atoms with Gasteiger partial charge >= 0.3 is 5.97 Å². The van der Waals surface area contributed by atoms with E-state index in [1.54, 1.807) is 0 Å². The van der Waals surface area contributed by atoms with Crippen LogP contribution in [0.25, 0.3) is 0 Å². The van der Waals surface area contributed by atoms with E-state index in [-0.39, 0.29) is 12.5 Å². The lowest BCUT2D eigenvalue weighted by molar-refractivity contribution is -0.137. The fourth-order valence-corrected chi connectivity index (χ4v) is 3.74. The first kappa shape index (κ1) is 20.2. The minimum atomic E-state index is -0.702. The molecular formula is C20H36O3. The van der Waals surface area contributed by atoms with Gasteiger partial charge in [-0.25, -0.2) is 0 Å². The molecule has 0 bridgehead atoms. The summed E-state index contributed by atoms with van der Waals surface area (Å²) in [5.41, 5.74) is 0. The van der Waals surface area contributed by atoms with Gasteiger partial charge in [0.05, 0.1) is 6.10 Å². The van der Waals surface area contributed by atoms with E-state index in [0.717, 1.165) is 50.4 Å². The van der Waals surface area contributed by atoms with Crippen molar-refractivity contribution in [3.63, 3.8) is 0 Å². The molecule has 1 aliphatic carbocycles. The minimum absolute atomic E-state index is 0.102. The van der Waals surface area contributed by atoms with E-state index in [9.17, 15) is 9.90 Å². The molecular weight excluding hydrogens is 288 g/mol. The van der Waals surface area contributed by atoms with Crippen molar-refractivity contribution >= 4 is 5.97 Å². The summed E-state index contributed by atoms with van der Waals surface area (Å²) < 4.78 is 0. The van der Waals surface area contributed by atoms with Crippen molar-refractivity contribution in [3.05, 3.63) is 12.2 Å². The van der Waals surface area contributed by atoms with Crippen LogP contribution in [0, 0.1) is 11.8 Å². The standard InChI is InChI=1S/C20H36O3/c1-2-3-6-13-19(21)16-15-18-12-9-11-17(18)10-7-4-5-8-14-20(22)23/h4,7,17-19,21H,2-3,5-6,8-16H2,1H3,(H,22,23)/b7-4-. The Morgan fingerprint density at radius 3 is 2.65 bits per heavy atom. The lowest BCUT2D eigenvalue weighted by Gasteiger charge is -2.20. The molecule has 0 aliphatic heterocycles. The van der Waals surface area contributed by atoms with E-state index >= 15 is 0 Å². The molecule has 23 heavy (non-hydrogen) atoms. The predicted octanol–water partition coefficient (Wildman–Crippen LogP) is 5.33. The van der Waals surface area contributed by atoms with Crippen molar-refractivity contribution < 1.29 is 15.0 Å². The topological polar surface area (TPSA) is 57.5 Å². The average Bonchev–Trinajstić information content (AvgIpc) is 2.96. The second kappa shape index (κ2) is 12.6. The van der Waals surface area contributed by atoms with Crippen LogP contribution in [0.2, 0.25) is 0 Å². The highest BCUT2D eigenvalue weighted by Crippen LogP contribution is 2.37. The van der Waals surface area contributed by atoms with Crippen LogP contribution in [0.1, 0.15) is 90.4 Å². The molecule has 3 unspecified atom stereocenters. The van der Waals surface area contributed by atoms with E-state index in [1.807, 2.05) is 0 Å².